The standard InChI is InChI=1S/C24H28N6O/c1-24(2,3)27-17-7-8-30(14-17)23-10-15-5-6-19(26-21(15)12-25-23)18-9-16-13-29(4)28-20(16)11-22(18)31/h5-6,9-13,17,27,31H,7-8,14H2,1-4H3. The quantitative estimate of drug-likeness (QED) is 0.528. The molecule has 160 valence electrons. The summed E-state index contributed by atoms with van der Waals surface area (Å²) in [5.41, 5.74) is 3.11. The molecule has 5 rings (SSSR count). The zero-order valence-corrected chi connectivity index (χ0v) is 18.4. The monoisotopic (exact) mass is 416 g/mol. The number of aromatic hydroxyl groups is 1. The Bertz CT molecular complexity index is 1270. The van der Waals surface area contributed by atoms with Gasteiger partial charge >= 0.3 is 0 Å². The van der Waals surface area contributed by atoms with Crippen LogP contribution >= 0.6 is 0 Å². The van der Waals surface area contributed by atoms with E-state index < -0.39 is 0 Å². The van der Waals surface area contributed by atoms with Crippen molar-refractivity contribution in [3.05, 3.63) is 42.7 Å². The first-order valence-electron chi connectivity index (χ1n) is 10.7. The van der Waals surface area contributed by atoms with E-state index in [-0.39, 0.29) is 11.3 Å². The van der Waals surface area contributed by atoms with Gasteiger partial charge in [0.05, 0.1) is 22.9 Å². The van der Waals surface area contributed by atoms with Gasteiger partial charge in [-0.3, -0.25) is 4.68 Å². The third-order valence-electron chi connectivity index (χ3n) is 5.72. The molecule has 1 saturated heterocycles. The van der Waals surface area contributed by atoms with Crippen molar-refractivity contribution in [2.75, 3.05) is 18.0 Å². The second-order valence-corrected chi connectivity index (χ2v) is 9.49. The van der Waals surface area contributed by atoms with Crippen molar-refractivity contribution in [2.24, 2.45) is 7.05 Å². The maximum atomic E-state index is 10.5. The number of fused-ring (bicyclic) bond motifs is 2. The number of nitrogens with one attached hydrogen (secondary N) is 1. The maximum absolute atomic E-state index is 10.5. The van der Waals surface area contributed by atoms with Crippen molar-refractivity contribution in [2.45, 2.75) is 38.8 Å². The lowest BCUT2D eigenvalue weighted by molar-refractivity contribution is 0.373. The van der Waals surface area contributed by atoms with Crippen LogP contribution in [0.1, 0.15) is 27.2 Å². The van der Waals surface area contributed by atoms with Crippen molar-refractivity contribution in [3.8, 4) is 17.0 Å². The zero-order chi connectivity index (χ0) is 21.8. The van der Waals surface area contributed by atoms with Crippen molar-refractivity contribution < 1.29 is 5.11 Å². The van der Waals surface area contributed by atoms with Gasteiger partial charge in [-0.25, -0.2) is 9.97 Å². The van der Waals surface area contributed by atoms with Gasteiger partial charge in [-0.05, 0) is 45.4 Å². The van der Waals surface area contributed by atoms with Gasteiger partial charge in [0.2, 0.25) is 0 Å². The summed E-state index contributed by atoms with van der Waals surface area (Å²) in [4.78, 5) is 11.8. The molecular weight excluding hydrogens is 388 g/mol. The van der Waals surface area contributed by atoms with Crippen LogP contribution in [0, 0.1) is 0 Å². The molecule has 31 heavy (non-hydrogen) atoms. The molecule has 1 atom stereocenters. The number of anilines is 1. The van der Waals surface area contributed by atoms with E-state index in [1.807, 2.05) is 31.6 Å². The minimum absolute atomic E-state index is 0.113. The minimum Gasteiger partial charge on any atom is -0.507 e. The molecule has 1 fully saturated rings. The first kappa shape index (κ1) is 19.8. The fourth-order valence-electron chi connectivity index (χ4n) is 4.43. The smallest absolute Gasteiger partial charge is 0.129 e. The highest BCUT2D eigenvalue weighted by molar-refractivity contribution is 5.89. The van der Waals surface area contributed by atoms with Gasteiger partial charge < -0.3 is 15.3 Å². The topological polar surface area (TPSA) is 79.1 Å². The fourth-order valence-corrected chi connectivity index (χ4v) is 4.43. The molecule has 0 aliphatic carbocycles. The van der Waals surface area contributed by atoms with E-state index in [2.05, 4.69) is 48.2 Å². The summed E-state index contributed by atoms with van der Waals surface area (Å²) in [7, 11) is 1.87. The summed E-state index contributed by atoms with van der Waals surface area (Å²) >= 11 is 0. The van der Waals surface area contributed by atoms with Crippen molar-refractivity contribution >= 4 is 27.6 Å². The molecule has 3 aromatic heterocycles. The zero-order valence-electron chi connectivity index (χ0n) is 18.4. The van der Waals surface area contributed by atoms with Crippen LogP contribution < -0.4 is 10.2 Å². The Hall–Kier alpha value is -3.19. The second kappa shape index (κ2) is 7.20. The predicted octanol–water partition coefficient (Wildman–Crippen LogP) is 3.86. The summed E-state index contributed by atoms with van der Waals surface area (Å²) in [6, 6.07) is 10.2. The Morgan fingerprint density at radius 1 is 1.10 bits per heavy atom. The van der Waals surface area contributed by atoms with E-state index in [4.69, 9.17) is 9.97 Å². The highest BCUT2D eigenvalue weighted by Crippen LogP contribution is 2.33. The largest absolute Gasteiger partial charge is 0.507 e. The molecule has 2 N–H and O–H groups in total. The average Bonchev–Trinajstić information content (AvgIpc) is 3.30. The van der Waals surface area contributed by atoms with Gasteiger partial charge in [0.25, 0.3) is 0 Å². The van der Waals surface area contributed by atoms with Crippen molar-refractivity contribution in [1.82, 2.24) is 25.1 Å². The molecule has 0 saturated carbocycles. The van der Waals surface area contributed by atoms with Crippen LogP contribution in [0.4, 0.5) is 5.82 Å². The van der Waals surface area contributed by atoms with Crippen LogP contribution in [-0.2, 0) is 7.05 Å². The molecule has 7 heteroatoms. The number of phenols is 1. The Morgan fingerprint density at radius 2 is 1.94 bits per heavy atom. The van der Waals surface area contributed by atoms with Crippen molar-refractivity contribution in [3.63, 3.8) is 0 Å². The average molecular weight is 417 g/mol. The van der Waals surface area contributed by atoms with E-state index in [1.54, 1.807) is 10.7 Å². The molecule has 4 heterocycles. The summed E-state index contributed by atoms with van der Waals surface area (Å²) in [5.74, 6) is 1.16. The second-order valence-electron chi connectivity index (χ2n) is 9.49. The number of aromatic nitrogens is 4. The Balaban J connectivity index is 1.43. The summed E-state index contributed by atoms with van der Waals surface area (Å²) < 4.78 is 1.74. The van der Waals surface area contributed by atoms with Gasteiger partial charge in [0.15, 0.2) is 0 Å². The minimum atomic E-state index is 0.113. The van der Waals surface area contributed by atoms with Gasteiger partial charge in [-0.2, -0.15) is 5.10 Å². The highest BCUT2D eigenvalue weighted by Gasteiger charge is 2.26. The van der Waals surface area contributed by atoms with Crippen LogP contribution in [0.5, 0.6) is 5.75 Å². The molecule has 0 spiro atoms. The van der Waals surface area contributed by atoms with Gasteiger partial charge in [-0.1, -0.05) is 6.07 Å². The van der Waals surface area contributed by atoms with Crippen LogP contribution in [0.2, 0.25) is 0 Å². The molecular formula is C24H28N6O. The number of nitrogens with zero attached hydrogens (tertiary/aromatic N) is 5. The first-order valence-corrected chi connectivity index (χ1v) is 10.7. The van der Waals surface area contributed by atoms with Gasteiger partial charge in [0.1, 0.15) is 11.6 Å². The lowest BCUT2D eigenvalue weighted by Crippen LogP contribution is -2.44. The number of pyridine rings is 2. The lowest BCUT2D eigenvalue weighted by atomic mass is 10.1. The number of phenolic OH excluding ortho intramolecular Hbond substituents is 1. The normalized spacial score (nSPS) is 17.2. The number of benzene rings is 1. The summed E-state index contributed by atoms with van der Waals surface area (Å²) in [5, 5.41) is 20.6. The summed E-state index contributed by atoms with van der Waals surface area (Å²) in [6.07, 6.45) is 4.88. The SMILES string of the molecule is Cn1cc2cc(-c3ccc4cc(N5CCC(NC(C)(C)C)C5)ncc4n3)c(O)cc2n1. The Labute approximate surface area is 181 Å². The van der Waals surface area contributed by atoms with Crippen LogP contribution in [0.25, 0.3) is 33.1 Å². The highest BCUT2D eigenvalue weighted by atomic mass is 16.3. The molecule has 4 aromatic rings. The third kappa shape index (κ3) is 3.93. The van der Waals surface area contributed by atoms with Crippen molar-refractivity contribution in [1.29, 1.82) is 0 Å². The molecule has 1 aromatic carbocycles. The van der Waals surface area contributed by atoms with E-state index in [9.17, 15) is 5.11 Å². The van der Waals surface area contributed by atoms with Crippen LogP contribution in [0.3, 0.4) is 0 Å². The number of hydrogen-bond donors (Lipinski definition) is 2. The van der Waals surface area contributed by atoms with E-state index in [0.717, 1.165) is 52.8 Å². The molecule has 0 bridgehead atoms. The van der Waals surface area contributed by atoms with Crippen LogP contribution in [-0.4, -0.2) is 49.5 Å². The molecule has 0 amide bonds. The molecule has 7 nitrogen and oxygen atoms in total. The molecule has 0 radical (unpaired) electrons. The fraction of sp³-hybridized carbons (Fsp3) is 0.375. The van der Waals surface area contributed by atoms with E-state index >= 15 is 0 Å². The Kier molecular flexibility index (Phi) is 4.59. The Morgan fingerprint density at radius 3 is 2.74 bits per heavy atom. The van der Waals surface area contributed by atoms with E-state index in [0.29, 0.717) is 11.6 Å². The molecule has 1 aliphatic heterocycles. The van der Waals surface area contributed by atoms with Crippen LogP contribution in [0.15, 0.2) is 42.7 Å². The maximum Gasteiger partial charge on any atom is 0.129 e. The van der Waals surface area contributed by atoms with E-state index in [1.165, 1.54) is 0 Å². The van der Waals surface area contributed by atoms with Gasteiger partial charge in [-0.15, -0.1) is 0 Å². The molecule has 1 unspecified atom stereocenters. The molecule has 1 aliphatic rings. The number of aryl methyl sites for hydroxylation is 1. The van der Waals surface area contributed by atoms with Gasteiger partial charge in [0, 0.05) is 60.3 Å². The first-order chi connectivity index (χ1) is 14.7. The number of hydrogen-bond acceptors (Lipinski definition) is 6. The predicted molar refractivity (Wildman–Crippen MR) is 124 cm³/mol. The summed E-state index contributed by atoms with van der Waals surface area (Å²) in [6.45, 7) is 8.57. The third-order valence-corrected chi connectivity index (χ3v) is 5.72. The number of rotatable bonds is 3. The lowest BCUT2D eigenvalue weighted by Gasteiger charge is -2.26.